The van der Waals surface area contributed by atoms with Gasteiger partial charge in [-0.25, -0.2) is 0 Å². The first-order chi connectivity index (χ1) is 10.1. The van der Waals surface area contributed by atoms with Crippen molar-refractivity contribution >= 4 is 5.78 Å². The number of carbonyl (C=O) groups excluding carboxylic acids is 1. The van der Waals surface area contributed by atoms with Crippen molar-refractivity contribution in [3.8, 4) is 5.75 Å². The molecule has 2 aromatic rings. The number of methoxy groups -OCH3 is 1. The topological polar surface area (TPSA) is 60.2 Å². The molecule has 0 aromatic carbocycles. The van der Waals surface area contributed by atoms with Crippen molar-refractivity contribution in [2.75, 3.05) is 27.7 Å². The third-order valence-corrected chi connectivity index (χ3v) is 3.12. The maximum absolute atomic E-state index is 12.5. The number of pyridine rings is 1. The lowest BCUT2D eigenvalue weighted by atomic mass is 10.1. The molecule has 0 unspecified atom stereocenters. The monoisotopic (exact) mass is 288 g/mol. The van der Waals surface area contributed by atoms with Gasteiger partial charge in [-0.2, -0.15) is 5.10 Å². The second-order valence-electron chi connectivity index (χ2n) is 5.01. The summed E-state index contributed by atoms with van der Waals surface area (Å²) in [6.45, 7) is 1.44. The molecule has 0 saturated carbocycles. The van der Waals surface area contributed by atoms with E-state index in [4.69, 9.17) is 4.74 Å². The number of ether oxygens (including phenoxy) is 1. The Hall–Kier alpha value is -2.21. The molecule has 0 bridgehead atoms. The lowest BCUT2D eigenvalue weighted by Crippen LogP contribution is -2.22. The molecule has 0 fully saturated rings. The maximum Gasteiger partial charge on any atom is 0.190 e. The summed E-state index contributed by atoms with van der Waals surface area (Å²) >= 11 is 0. The summed E-state index contributed by atoms with van der Waals surface area (Å²) in [7, 11) is 5.51. The van der Waals surface area contributed by atoms with Crippen LogP contribution in [0.2, 0.25) is 0 Å². The number of Topliss-reactive ketones (excluding diaryl/α,β-unsaturated/α-hetero) is 1. The zero-order valence-corrected chi connectivity index (χ0v) is 12.6. The Balaban J connectivity index is 2.20. The number of carbonyl (C=O) groups is 1. The van der Waals surface area contributed by atoms with Crippen molar-refractivity contribution in [2.45, 2.75) is 13.0 Å². The normalized spacial score (nSPS) is 10.9. The number of hydrogen-bond acceptors (Lipinski definition) is 5. The summed E-state index contributed by atoms with van der Waals surface area (Å²) in [6.07, 6.45) is 3.51. The molecule has 2 rings (SSSR count). The van der Waals surface area contributed by atoms with Crippen LogP contribution in [0, 0.1) is 0 Å². The fraction of sp³-hybridized carbons (Fsp3) is 0.400. The predicted molar refractivity (Wildman–Crippen MR) is 79.6 cm³/mol. The number of aromatic nitrogens is 3. The highest BCUT2D eigenvalue weighted by Gasteiger charge is 2.20. The molecule has 0 atom stereocenters. The molecule has 0 N–H and O–H groups in total. The molecule has 0 radical (unpaired) electrons. The summed E-state index contributed by atoms with van der Waals surface area (Å²) in [5.41, 5.74) is 1.25. The predicted octanol–water partition coefficient (Wildman–Crippen LogP) is 1.27. The molecule has 6 heteroatoms. The van der Waals surface area contributed by atoms with Crippen LogP contribution < -0.4 is 4.74 Å². The van der Waals surface area contributed by atoms with Crippen LogP contribution in [-0.2, 0) is 13.0 Å². The number of rotatable bonds is 7. The number of hydrogen-bond donors (Lipinski definition) is 0. The van der Waals surface area contributed by atoms with Gasteiger partial charge in [0, 0.05) is 18.4 Å². The molecule has 6 nitrogen and oxygen atoms in total. The van der Waals surface area contributed by atoms with Gasteiger partial charge in [0.1, 0.15) is 5.69 Å². The Morgan fingerprint density at radius 1 is 1.38 bits per heavy atom. The van der Waals surface area contributed by atoms with Crippen LogP contribution in [0.5, 0.6) is 5.75 Å². The molecule has 21 heavy (non-hydrogen) atoms. The Morgan fingerprint density at radius 2 is 2.19 bits per heavy atom. The molecular formula is C15H20N4O2. The maximum atomic E-state index is 12.5. The first kappa shape index (κ1) is 15.2. The standard InChI is InChI=1S/C15H20N4O2/c1-18(2)8-9-19-15(14(21-3)11-17-19)13(20)10-12-6-4-5-7-16-12/h4-7,11H,8-10H2,1-3H3. The van der Waals surface area contributed by atoms with Crippen LogP contribution in [0.3, 0.4) is 0 Å². The lowest BCUT2D eigenvalue weighted by molar-refractivity contribution is 0.0977. The van der Waals surface area contributed by atoms with E-state index in [2.05, 4.69) is 10.1 Å². The van der Waals surface area contributed by atoms with Crippen LogP contribution in [0.25, 0.3) is 0 Å². The van der Waals surface area contributed by atoms with E-state index in [0.717, 1.165) is 12.2 Å². The summed E-state index contributed by atoms with van der Waals surface area (Å²) in [4.78, 5) is 18.8. The van der Waals surface area contributed by atoms with Crippen molar-refractivity contribution in [1.29, 1.82) is 0 Å². The van der Waals surface area contributed by atoms with Crippen molar-refractivity contribution < 1.29 is 9.53 Å². The lowest BCUT2D eigenvalue weighted by Gasteiger charge is -2.12. The molecule has 112 valence electrons. The van der Waals surface area contributed by atoms with Gasteiger partial charge in [0.2, 0.25) is 0 Å². The molecule has 0 aliphatic carbocycles. The largest absolute Gasteiger partial charge is 0.493 e. The van der Waals surface area contributed by atoms with Crippen LogP contribution in [0.4, 0.5) is 0 Å². The van der Waals surface area contributed by atoms with Gasteiger partial charge in [0.15, 0.2) is 11.5 Å². The van der Waals surface area contributed by atoms with Gasteiger partial charge in [-0.3, -0.25) is 14.5 Å². The summed E-state index contributed by atoms with van der Waals surface area (Å²) < 4.78 is 6.95. The summed E-state index contributed by atoms with van der Waals surface area (Å²) in [5, 5.41) is 4.25. The van der Waals surface area contributed by atoms with E-state index >= 15 is 0 Å². The first-order valence-electron chi connectivity index (χ1n) is 6.79. The van der Waals surface area contributed by atoms with Crippen molar-refractivity contribution in [2.24, 2.45) is 0 Å². The number of likely N-dealkylation sites (N-methyl/N-ethyl adjacent to an activating group) is 1. The van der Waals surface area contributed by atoms with E-state index in [0.29, 0.717) is 18.0 Å². The van der Waals surface area contributed by atoms with Crippen LogP contribution in [0.15, 0.2) is 30.6 Å². The summed E-state index contributed by atoms with van der Waals surface area (Å²) in [6, 6.07) is 5.54. The van der Waals surface area contributed by atoms with Crippen molar-refractivity contribution in [3.05, 3.63) is 42.0 Å². The SMILES string of the molecule is COc1cnn(CCN(C)C)c1C(=O)Cc1ccccn1. The third kappa shape index (κ3) is 3.88. The van der Waals surface area contributed by atoms with E-state index in [-0.39, 0.29) is 12.2 Å². The third-order valence-electron chi connectivity index (χ3n) is 3.12. The average Bonchev–Trinajstić information content (AvgIpc) is 2.89. The van der Waals surface area contributed by atoms with Gasteiger partial charge >= 0.3 is 0 Å². The van der Waals surface area contributed by atoms with Gasteiger partial charge in [-0.05, 0) is 26.2 Å². The second-order valence-corrected chi connectivity index (χ2v) is 5.01. The molecule has 2 heterocycles. The van der Waals surface area contributed by atoms with Crippen LogP contribution in [0.1, 0.15) is 16.2 Å². The average molecular weight is 288 g/mol. The zero-order valence-electron chi connectivity index (χ0n) is 12.6. The summed E-state index contributed by atoms with van der Waals surface area (Å²) in [5.74, 6) is 0.469. The van der Waals surface area contributed by atoms with Gasteiger partial charge in [0.05, 0.1) is 26.3 Å². The highest BCUT2D eigenvalue weighted by Crippen LogP contribution is 2.19. The van der Waals surface area contributed by atoms with Crippen molar-refractivity contribution in [1.82, 2.24) is 19.7 Å². The highest BCUT2D eigenvalue weighted by atomic mass is 16.5. The van der Waals surface area contributed by atoms with E-state index in [1.54, 1.807) is 24.2 Å². The molecule has 0 amide bonds. The molecular weight excluding hydrogens is 268 g/mol. The fourth-order valence-corrected chi connectivity index (χ4v) is 2.01. The van der Waals surface area contributed by atoms with E-state index in [1.807, 2.05) is 37.2 Å². The Kier molecular flexibility index (Phi) is 5.05. The van der Waals surface area contributed by atoms with E-state index in [1.165, 1.54) is 0 Å². The van der Waals surface area contributed by atoms with E-state index in [9.17, 15) is 4.79 Å². The Morgan fingerprint density at radius 3 is 2.81 bits per heavy atom. The quantitative estimate of drug-likeness (QED) is 0.718. The fourth-order valence-electron chi connectivity index (χ4n) is 2.01. The van der Waals surface area contributed by atoms with Crippen molar-refractivity contribution in [3.63, 3.8) is 0 Å². The molecule has 2 aromatic heterocycles. The van der Waals surface area contributed by atoms with Gasteiger partial charge < -0.3 is 9.64 Å². The minimum absolute atomic E-state index is 0.0400. The molecule has 0 aliphatic heterocycles. The number of nitrogens with zero attached hydrogens (tertiary/aromatic N) is 4. The van der Waals surface area contributed by atoms with Gasteiger partial charge in [-0.15, -0.1) is 0 Å². The molecule has 0 aliphatic rings. The minimum atomic E-state index is -0.0400. The zero-order chi connectivity index (χ0) is 15.2. The highest BCUT2D eigenvalue weighted by molar-refractivity contribution is 5.98. The number of ketones is 1. The van der Waals surface area contributed by atoms with Crippen LogP contribution >= 0.6 is 0 Å². The molecule has 0 saturated heterocycles. The smallest absolute Gasteiger partial charge is 0.190 e. The Labute approximate surface area is 124 Å². The molecule has 0 spiro atoms. The second kappa shape index (κ2) is 6.99. The van der Waals surface area contributed by atoms with Gasteiger partial charge in [-0.1, -0.05) is 6.07 Å². The van der Waals surface area contributed by atoms with Crippen LogP contribution in [-0.4, -0.2) is 53.2 Å². The first-order valence-corrected chi connectivity index (χ1v) is 6.79. The van der Waals surface area contributed by atoms with Gasteiger partial charge in [0.25, 0.3) is 0 Å². The Bertz CT molecular complexity index is 593. The van der Waals surface area contributed by atoms with E-state index < -0.39 is 0 Å². The minimum Gasteiger partial charge on any atom is -0.493 e.